The summed E-state index contributed by atoms with van der Waals surface area (Å²) in [5, 5.41) is 23.2. The standard InChI is InChI=1S/C32H33N5O/c1-21-5-6-22(2)36(21)31-15-26(16-32(35-31)37-23(3)7-8-24(37)4)13-27(18-33)20-34-19-25-9-10-29-17-30(38)12-11-28(29)14-25/h5-12,14-18,20,33-34,38H,13,19H2,1-4H3/b27-20-,33-18?. The van der Waals surface area contributed by atoms with Crippen LogP contribution in [-0.4, -0.2) is 25.4 Å². The molecule has 5 aromatic rings. The zero-order valence-corrected chi connectivity index (χ0v) is 22.3. The Kier molecular flexibility index (Phi) is 6.88. The van der Waals surface area contributed by atoms with Gasteiger partial charge in [0.25, 0.3) is 0 Å². The molecule has 0 unspecified atom stereocenters. The maximum Gasteiger partial charge on any atom is 0.139 e. The summed E-state index contributed by atoms with van der Waals surface area (Å²) >= 11 is 0. The van der Waals surface area contributed by atoms with E-state index in [0.717, 1.165) is 61.9 Å². The Morgan fingerprint density at radius 2 is 1.32 bits per heavy atom. The van der Waals surface area contributed by atoms with Gasteiger partial charge in [0.1, 0.15) is 17.4 Å². The highest BCUT2D eigenvalue weighted by molar-refractivity contribution is 5.84. The van der Waals surface area contributed by atoms with Crippen LogP contribution in [0.4, 0.5) is 0 Å². The molecule has 5 rings (SSSR count). The quantitative estimate of drug-likeness (QED) is 0.208. The third kappa shape index (κ3) is 5.11. The van der Waals surface area contributed by atoms with E-state index >= 15 is 0 Å². The van der Waals surface area contributed by atoms with Gasteiger partial charge in [-0.25, -0.2) is 4.98 Å². The second-order valence-corrected chi connectivity index (χ2v) is 9.88. The van der Waals surface area contributed by atoms with Crippen LogP contribution in [0.15, 0.2) is 84.6 Å². The van der Waals surface area contributed by atoms with Gasteiger partial charge in [-0.1, -0.05) is 18.2 Å². The fraction of sp³-hybridized carbons (Fsp3) is 0.188. The molecule has 0 spiro atoms. The summed E-state index contributed by atoms with van der Waals surface area (Å²) in [6.07, 6.45) is 3.94. The molecule has 0 saturated carbocycles. The number of phenols is 1. The Balaban J connectivity index is 1.42. The van der Waals surface area contributed by atoms with E-state index < -0.39 is 0 Å². The largest absolute Gasteiger partial charge is 0.508 e. The van der Waals surface area contributed by atoms with Crippen LogP contribution in [0.2, 0.25) is 0 Å². The first-order chi connectivity index (χ1) is 18.3. The van der Waals surface area contributed by atoms with Crippen LogP contribution < -0.4 is 5.32 Å². The lowest BCUT2D eigenvalue weighted by Gasteiger charge is -2.16. The van der Waals surface area contributed by atoms with Gasteiger partial charge in [0.05, 0.1) is 0 Å². The zero-order valence-electron chi connectivity index (χ0n) is 22.3. The summed E-state index contributed by atoms with van der Waals surface area (Å²) in [5.41, 5.74) is 7.63. The number of hydrogen-bond donors (Lipinski definition) is 3. The predicted molar refractivity (Wildman–Crippen MR) is 155 cm³/mol. The van der Waals surface area contributed by atoms with Gasteiger partial charge in [-0.2, -0.15) is 0 Å². The highest BCUT2D eigenvalue weighted by atomic mass is 16.3. The molecule has 6 nitrogen and oxygen atoms in total. The number of aromatic nitrogens is 3. The third-order valence-corrected chi connectivity index (χ3v) is 6.93. The van der Waals surface area contributed by atoms with E-state index in [1.165, 1.54) is 6.21 Å². The molecule has 0 aliphatic heterocycles. The zero-order chi connectivity index (χ0) is 26.8. The van der Waals surface area contributed by atoms with Crippen LogP contribution >= 0.6 is 0 Å². The van der Waals surface area contributed by atoms with Gasteiger partial charge in [-0.05, 0) is 110 Å². The Bertz CT molecular complexity index is 1570. The van der Waals surface area contributed by atoms with E-state index in [2.05, 4.69) is 90.7 Å². The molecule has 3 N–H and O–H groups in total. The van der Waals surface area contributed by atoms with Crippen molar-refractivity contribution in [2.24, 2.45) is 0 Å². The number of fused-ring (bicyclic) bond motifs is 1. The van der Waals surface area contributed by atoms with Crippen molar-refractivity contribution >= 4 is 17.0 Å². The number of phenolic OH excluding ortho intramolecular Hbond substituents is 1. The number of hydrogen-bond acceptors (Lipinski definition) is 4. The molecule has 0 amide bonds. The molecular weight excluding hydrogens is 470 g/mol. The molecule has 3 heterocycles. The van der Waals surface area contributed by atoms with Gasteiger partial charge >= 0.3 is 0 Å². The molecule has 0 fully saturated rings. The number of allylic oxidation sites excluding steroid dienone is 1. The van der Waals surface area contributed by atoms with Crippen LogP contribution in [0, 0.1) is 33.1 Å². The number of benzene rings is 2. The van der Waals surface area contributed by atoms with Crippen molar-refractivity contribution in [1.29, 1.82) is 5.41 Å². The summed E-state index contributed by atoms with van der Waals surface area (Å²) in [4.78, 5) is 5.04. The van der Waals surface area contributed by atoms with Crippen molar-refractivity contribution in [3.63, 3.8) is 0 Å². The van der Waals surface area contributed by atoms with Gasteiger partial charge in [0.15, 0.2) is 0 Å². The summed E-state index contributed by atoms with van der Waals surface area (Å²) in [7, 11) is 0. The van der Waals surface area contributed by atoms with Crippen LogP contribution in [0.25, 0.3) is 22.4 Å². The number of pyridine rings is 1. The van der Waals surface area contributed by atoms with E-state index in [0.29, 0.717) is 13.0 Å². The molecule has 0 bridgehead atoms. The van der Waals surface area contributed by atoms with Gasteiger partial charge in [0, 0.05) is 48.2 Å². The second-order valence-electron chi connectivity index (χ2n) is 9.88. The minimum atomic E-state index is 0.272. The van der Waals surface area contributed by atoms with Crippen molar-refractivity contribution in [2.75, 3.05) is 0 Å². The van der Waals surface area contributed by atoms with E-state index in [4.69, 9.17) is 10.4 Å². The van der Waals surface area contributed by atoms with Crippen molar-refractivity contribution in [3.05, 3.63) is 118 Å². The molecule has 0 aliphatic carbocycles. The Morgan fingerprint density at radius 1 is 0.763 bits per heavy atom. The highest BCUT2D eigenvalue weighted by Crippen LogP contribution is 2.23. The van der Waals surface area contributed by atoms with Crippen LogP contribution in [0.3, 0.4) is 0 Å². The minimum absolute atomic E-state index is 0.272. The normalized spacial score (nSPS) is 11.7. The minimum Gasteiger partial charge on any atom is -0.508 e. The fourth-order valence-electron chi connectivity index (χ4n) is 5.02. The van der Waals surface area contributed by atoms with E-state index in [9.17, 15) is 5.11 Å². The van der Waals surface area contributed by atoms with Gasteiger partial charge in [-0.3, -0.25) is 0 Å². The fourth-order valence-corrected chi connectivity index (χ4v) is 5.02. The number of nitrogens with one attached hydrogen (secondary N) is 2. The maximum absolute atomic E-state index is 9.70. The maximum atomic E-state index is 9.70. The smallest absolute Gasteiger partial charge is 0.139 e. The van der Waals surface area contributed by atoms with Crippen molar-refractivity contribution < 1.29 is 5.11 Å². The molecular formula is C32H33N5O. The number of aromatic hydroxyl groups is 1. The summed E-state index contributed by atoms with van der Waals surface area (Å²) in [6.45, 7) is 9.01. The monoisotopic (exact) mass is 503 g/mol. The van der Waals surface area contributed by atoms with E-state index in [-0.39, 0.29) is 5.75 Å². The van der Waals surface area contributed by atoms with Crippen molar-refractivity contribution in [1.82, 2.24) is 19.4 Å². The first-order valence-corrected chi connectivity index (χ1v) is 12.8. The molecule has 3 aromatic heterocycles. The van der Waals surface area contributed by atoms with E-state index in [1.807, 2.05) is 18.3 Å². The third-order valence-electron chi connectivity index (χ3n) is 6.93. The molecule has 192 valence electrons. The summed E-state index contributed by atoms with van der Waals surface area (Å²) < 4.78 is 4.35. The number of rotatable bonds is 8. The lowest BCUT2D eigenvalue weighted by Crippen LogP contribution is -2.10. The van der Waals surface area contributed by atoms with Gasteiger partial charge < -0.3 is 25.0 Å². The van der Waals surface area contributed by atoms with Crippen LogP contribution in [0.1, 0.15) is 33.9 Å². The predicted octanol–water partition coefficient (Wildman–Crippen LogP) is 6.62. The topological polar surface area (TPSA) is 78.9 Å². The first-order valence-electron chi connectivity index (χ1n) is 12.8. The lowest BCUT2D eigenvalue weighted by atomic mass is 10.1. The summed E-state index contributed by atoms with van der Waals surface area (Å²) in [6, 6.07) is 24.3. The molecule has 2 aromatic carbocycles. The van der Waals surface area contributed by atoms with Gasteiger partial charge in [0.2, 0.25) is 0 Å². The first kappa shape index (κ1) is 25.1. The number of nitrogens with zero attached hydrogens (tertiary/aromatic N) is 3. The van der Waals surface area contributed by atoms with E-state index in [1.54, 1.807) is 12.1 Å². The Hall–Kier alpha value is -4.58. The highest BCUT2D eigenvalue weighted by Gasteiger charge is 2.13. The summed E-state index contributed by atoms with van der Waals surface area (Å²) in [5.74, 6) is 2.03. The average Bonchev–Trinajstić information content (AvgIpc) is 3.42. The Morgan fingerprint density at radius 3 is 1.89 bits per heavy atom. The lowest BCUT2D eigenvalue weighted by molar-refractivity contribution is 0.476. The SMILES string of the molecule is Cc1ccc(C)n1-c1cc(C/C(C=N)=C/NCc2ccc3cc(O)ccc3c2)cc(-n2c(C)ccc2C)n1. The average molecular weight is 504 g/mol. The molecule has 0 radical (unpaired) electrons. The van der Waals surface area contributed by atoms with Crippen LogP contribution in [0.5, 0.6) is 5.75 Å². The Labute approximate surface area is 223 Å². The molecule has 0 aliphatic rings. The van der Waals surface area contributed by atoms with Crippen molar-refractivity contribution in [3.8, 4) is 17.4 Å². The second kappa shape index (κ2) is 10.4. The van der Waals surface area contributed by atoms with Gasteiger partial charge in [-0.15, -0.1) is 0 Å². The molecule has 0 atom stereocenters. The molecule has 0 saturated heterocycles. The molecule has 38 heavy (non-hydrogen) atoms. The number of aryl methyl sites for hydroxylation is 4. The van der Waals surface area contributed by atoms with Crippen molar-refractivity contribution in [2.45, 2.75) is 40.7 Å². The van der Waals surface area contributed by atoms with Crippen LogP contribution in [-0.2, 0) is 13.0 Å². The molecule has 6 heteroatoms.